The van der Waals surface area contributed by atoms with Gasteiger partial charge >= 0.3 is 0 Å². The van der Waals surface area contributed by atoms with E-state index in [1.54, 1.807) is 6.20 Å². The van der Waals surface area contributed by atoms with Crippen LogP contribution in [0.3, 0.4) is 0 Å². The average molecular weight is 402 g/mol. The normalized spacial score (nSPS) is 20.8. The maximum absolute atomic E-state index is 13.4. The largest absolute Gasteiger partial charge is 0.371 e. The molecule has 2 N–H and O–H groups in total. The monoisotopic (exact) mass is 401 g/mol. The third-order valence-corrected chi connectivity index (χ3v) is 5.89. The number of benzene rings is 2. The summed E-state index contributed by atoms with van der Waals surface area (Å²) in [4.78, 5) is 17.9. The number of ketones is 1. The van der Waals surface area contributed by atoms with Crippen molar-refractivity contribution in [1.82, 2.24) is 4.98 Å². The van der Waals surface area contributed by atoms with Gasteiger partial charge in [-0.15, -0.1) is 0 Å². The third-order valence-electron chi connectivity index (χ3n) is 5.63. The Morgan fingerprint density at radius 3 is 2.41 bits per heavy atom. The number of nitrogens with zero attached hydrogens (tertiary/aromatic N) is 1. The number of fused-ring (bicyclic) bond motifs is 1. The summed E-state index contributed by atoms with van der Waals surface area (Å²) in [6.45, 7) is 0. The van der Waals surface area contributed by atoms with Crippen LogP contribution in [0.2, 0.25) is 5.02 Å². The molecule has 2 aromatic carbocycles. The van der Waals surface area contributed by atoms with Gasteiger partial charge in [-0.25, -0.2) is 0 Å². The molecule has 0 spiro atoms. The molecular weight excluding hydrogens is 382 g/mol. The van der Waals surface area contributed by atoms with Crippen LogP contribution in [0.5, 0.6) is 0 Å². The van der Waals surface area contributed by atoms with Crippen molar-refractivity contribution in [3.8, 4) is 0 Å². The van der Waals surface area contributed by atoms with Crippen molar-refractivity contribution in [2.45, 2.75) is 24.8 Å². The van der Waals surface area contributed by atoms with Crippen LogP contribution in [0.25, 0.3) is 0 Å². The van der Waals surface area contributed by atoms with Gasteiger partial charge in [0.05, 0.1) is 23.1 Å². The number of Topliss-reactive ketones (excluding diaryl/α,β-unsaturated/α-hetero) is 1. The first-order chi connectivity index (χ1) is 14.2. The fourth-order valence-electron chi connectivity index (χ4n) is 4.23. The zero-order valence-corrected chi connectivity index (χ0v) is 16.5. The zero-order chi connectivity index (χ0) is 19.8. The number of rotatable bonds is 2. The van der Waals surface area contributed by atoms with Crippen LogP contribution in [-0.4, -0.2) is 10.8 Å². The lowest BCUT2D eigenvalue weighted by atomic mass is 9.79. The zero-order valence-electron chi connectivity index (χ0n) is 15.7. The van der Waals surface area contributed by atoms with E-state index in [0.717, 1.165) is 40.3 Å². The molecule has 0 bridgehead atoms. The molecule has 1 aliphatic carbocycles. The Hall–Kier alpha value is -3.11. The first-order valence-electron chi connectivity index (χ1n) is 9.74. The maximum atomic E-state index is 13.4. The Bertz CT molecular complexity index is 1090. The minimum Gasteiger partial charge on any atom is -0.371 e. The molecule has 5 rings (SSSR count). The van der Waals surface area contributed by atoms with Crippen molar-refractivity contribution < 1.29 is 4.79 Å². The summed E-state index contributed by atoms with van der Waals surface area (Å²) < 4.78 is 0. The van der Waals surface area contributed by atoms with E-state index in [2.05, 4.69) is 15.6 Å². The number of hydrogen-bond acceptors (Lipinski definition) is 4. The molecule has 2 aliphatic rings. The topological polar surface area (TPSA) is 54.0 Å². The number of para-hydroxylation sites is 2. The predicted molar refractivity (Wildman–Crippen MR) is 116 cm³/mol. The number of nitrogens with one attached hydrogen (secondary N) is 2. The second-order valence-corrected chi connectivity index (χ2v) is 7.91. The molecule has 3 aromatic rings. The molecule has 144 valence electrons. The van der Waals surface area contributed by atoms with E-state index in [1.165, 1.54) is 0 Å². The molecule has 2 atom stereocenters. The van der Waals surface area contributed by atoms with Crippen molar-refractivity contribution >= 4 is 28.8 Å². The summed E-state index contributed by atoms with van der Waals surface area (Å²) in [5.74, 6) is 0.273. The summed E-state index contributed by atoms with van der Waals surface area (Å²) in [5, 5.41) is 7.80. The fourth-order valence-corrected chi connectivity index (χ4v) is 4.36. The highest BCUT2D eigenvalue weighted by Gasteiger charge is 2.36. The molecule has 0 amide bonds. The molecule has 0 unspecified atom stereocenters. The van der Waals surface area contributed by atoms with Crippen LogP contribution in [0.1, 0.15) is 36.1 Å². The molecule has 4 nitrogen and oxygen atoms in total. The first-order valence-corrected chi connectivity index (χ1v) is 10.1. The number of aromatic nitrogens is 1. The first kappa shape index (κ1) is 18.0. The fraction of sp³-hybridized carbons (Fsp3) is 0.167. The molecule has 0 radical (unpaired) electrons. The van der Waals surface area contributed by atoms with Crippen LogP contribution in [0, 0.1) is 0 Å². The van der Waals surface area contributed by atoms with E-state index in [4.69, 9.17) is 11.6 Å². The van der Waals surface area contributed by atoms with Gasteiger partial charge < -0.3 is 10.6 Å². The third kappa shape index (κ3) is 3.40. The van der Waals surface area contributed by atoms with Crippen molar-refractivity contribution in [2.24, 2.45) is 0 Å². The number of anilines is 2. The molecule has 0 fully saturated rings. The van der Waals surface area contributed by atoms with Crippen LogP contribution >= 0.6 is 11.6 Å². The second kappa shape index (κ2) is 7.37. The van der Waals surface area contributed by atoms with E-state index in [-0.39, 0.29) is 17.7 Å². The van der Waals surface area contributed by atoms with Gasteiger partial charge in [0.2, 0.25) is 0 Å². The number of carbonyl (C=O) groups excluding carboxylic acids is 1. The Balaban J connectivity index is 1.60. The molecule has 2 heterocycles. The lowest BCUT2D eigenvalue weighted by molar-refractivity contribution is -0.116. The van der Waals surface area contributed by atoms with Crippen molar-refractivity contribution in [3.05, 3.63) is 100 Å². The minimum atomic E-state index is -0.277. The van der Waals surface area contributed by atoms with E-state index in [1.807, 2.05) is 66.7 Å². The summed E-state index contributed by atoms with van der Waals surface area (Å²) >= 11 is 6.05. The van der Waals surface area contributed by atoms with E-state index >= 15 is 0 Å². The summed E-state index contributed by atoms with van der Waals surface area (Å²) in [6, 6.07) is 21.4. The van der Waals surface area contributed by atoms with Gasteiger partial charge in [-0.2, -0.15) is 0 Å². The summed E-state index contributed by atoms with van der Waals surface area (Å²) in [5.41, 5.74) is 5.67. The molecule has 0 saturated heterocycles. The van der Waals surface area contributed by atoms with Gasteiger partial charge in [-0.05, 0) is 54.3 Å². The van der Waals surface area contributed by atoms with E-state index in [0.29, 0.717) is 11.4 Å². The molecule has 5 heteroatoms. The smallest absolute Gasteiger partial charge is 0.163 e. The average Bonchev–Trinajstić information content (AvgIpc) is 2.92. The molecule has 1 aromatic heterocycles. The molecule has 29 heavy (non-hydrogen) atoms. The van der Waals surface area contributed by atoms with E-state index in [9.17, 15) is 4.79 Å². The van der Waals surface area contributed by atoms with Gasteiger partial charge in [0, 0.05) is 28.9 Å². The number of halogens is 1. The van der Waals surface area contributed by atoms with Crippen LogP contribution < -0.4 is 10.6 Å². The van der Waals surface area contributed by atoms with Crippen LogP contribution in [0.15, 0.2) is 84.2 Å². The summed E-state index contributed by atoms with van der Waals surface area (Å²) in [6.07, 6.45) is 3.01. The minimum absolute atomic E-state index is 0.126. The summed E-state index contributed by atoms with van der Waals surface area (Å²) in [7, 11) is 0. The van der Waals surface area contributed by atoms with Gasteiger partial charge in [-0.3, -0.25) is 9.78 Å². The maximum Gasteiger partial charge on any atom is 0.163 e. The number of allylic oxidation sites excluding steroid dienone is 1. The molecule has 0 saturated carbocycles. The number of hydrogen-bond donors (Lipinski definition) is 2. The Morgan fingerprint density at radius 2 is 1.66 bits per heavy atom. The van der Waals surface area contributed by atoms with Crippen LogP contribution in [-0.2, 0) is 4.79 Å². The lowest BCUT2D eigenvalue weighted by Crippen LogP contribution is -2.27. The van der Waals surface area contributed by atoms with Gasteiger partial charge in [0.25, 0.3) is 0 Å². The standard InChI is InChI=1S/C24H20ClN3O/c25-17-10-8-15(9-11-17)16-13-21-23(22(29)14-16)24(20-7-3-4-12-26-20)28-19-6-2-1-5-18(19)27-21/h1-12,16,24,27-28H,13-14H2/t16-,24+/m1/s1. The number of carbonyl (C=O) groups is 1. The van der Waals surface area contributed by atoms with Gasteiger partial charge in [0.1, 0.15) is 0 Å². The van der Waals surface area contributed by atoms with Crippen molar-refractivity contribution in [2.75, 3.05) is 10.6 Å². The Morgan fingerprint density at radius 1 is 0.897 bits per heavy atom. The van der Waals surface area contributed by atoms with Crippen molar-refractivity contribution in [1.29, 1.82) is 0 Å². The highest BCUT2D eigenvalue weighted by Crippen LogP contribution is 2.43. The van der Waals surface area contributed by atoms with Crippen molar-refractivity contribution in [3.63, 3.8) is 0 Å². The number of pyridine rings is 1. The van der Waals surface area contributed by atoms with E-state index < -0.39 is 0 Å². The molecule has 1 aliphatic heterocycles. The SMILES string of the molecule is O=C1C[C@H](c2ccc(Cl)cc2)CC2=C1[C@H](c1ccccn1)Nc1ccccc1N2. The van der Waals surface area contributed by atoms with Crippen LogP contribution in [0.4, 0.5) is 11.4 Å². The lowest BCUT2D eigenvalue weighted by Gasteiger charge is -2.29. The highest BCUT2D eigenvalue weighted by atomic mass is 35.5. The Kier molecular flexibility index (Phi) is 4.57. The molecular formula is C24H20ClN3O. The highest BCUT2D eigenvalue weighted by molar-refractivity contribution is 6.30. The quantitative estimate of drug-likeness (QED) is 0.577. The predicted octanol–water partition coefficient (Wildman–Crippen LogP) is 5.71. The van der Waals surface area contributed by atoms with Gasteiger partial charge in [0.15, 0.2) is 5.78 Å². The Labute approximate surface area is 174 Å². The van der Waals surface area contributed by atoms with Gasteiger partial charge in [-0.1, -0.05) is 41.9 Å². The second-order valence-electron chi connectivity index (χ2n) is 7.47.